The lowest BCUT2D eigenvalue weighted by molar-refractivity contribution is -0.0809. The number of ether oxygens (including phenoxy) is 2. The Hall–Kier alpha value is -5.95. The van der Waals surface area contributed by atoms with E-state index >= 15 is 0 Å². The monoisotopic (exact) mass is 1860 g/mol. The number of hydrogen-bond acceptors (Lipinski definition) is 7. The van der Waals surface area contributed by atoms with E-state index in [0.717, 1.165) is 136 Å². The SMILES string of the molecule is CCOc1cncc(C2=CC[C@H]3[C@@H]4CC[C@H]5CCCCC[C@]5(C)[C@H]4CC[C@]23C)c1.CCc1cncc(C2=CC[C@H]3[C@@H]4CC[C@H]5CCCCC[C@]5(C)[C@H]4CC[C@]23C)c1.COc1cncc(C2=CC[C@H]3[C@@H]4CC[C@H]5CCCCC[C@]5(C)[C@H]4CC[C@]23C)c1.C[C@]12CCCCC[C@@H]1CC[C@@H]1[C@@H]2CC[C@]2(C)C(c3cccnc3)=CC[C@@H]12.Cc1cncc(C2=CC[C@H]3[C@@H]4CC[C@H]5CCCCC[C@]5(C)[C@H]4CC[C@]23C)c1. The van der Waals surface area contributed by atoms with Crippen molar-refractivity contribution in [1.29, 1.82) is 0 Å². The molecule has 15 fully saturated rings. The molecule has 0 radical (unpaired) electrons. The molecule has 20 aliphatic carbocycles. The van der Waals surface area contributed by atoms with Gasteiger partial charge in [-0.25, -0.2) is 0 Å². The number of nitrogens with zero attached hydrogens (tertiary/aromatic N) is 5. The number of aromatic nitrogens is 5. The highest BCUT2D eigenvalue weighted by atomic mass is 16.5. The second-order valence-corrected chi connectivity index (χ2v) is 53.7. The molecular weight excluding hydrogens is 1680 g/mol. The maximum absolute atomic E-state index is 5.76. The number of aryl methyl sites for hydroxylation is 2. The van der Waals surface area contributed by atoms with Crippen molar-refractivity contribution in [3.8, 4) is 11.5 Å². The van der Waals surface area contributed by atoms with Crippen LogP contribution < -0.4 is 9.47 Å². The van der Waals surface area contributed by atoms with E-state index in [0.29, 0.717) is 60.8 Å². The van der Waals surface area contributed by atoms with Gasteiger partial charge in [0.25, 0.3) is 0 Å². The molecule has 30 atom stereocenters. The van der Waals surface area contributed by atoms with E-state index in [2.05, 4.69) is 206 Å². The van der Waals surface area contributed by atoms with Crippen molar-refractivity contribution in [2.45, 2.75) is 417 Å². The van der Waals surface area contributed by atoms with Crippen LogP contribution in [-0.2, 0) is 6.42 Å². The standard InChI is InChI=1S/C27H39NO.C27H39N.C26H37NO.C26H37N.C25H35N/c1-4-29-21-16-19(17-28-18-21)23-11-12-24-22-10-9-20-8-6-5-7-14-26(20,2)25(22)13-15-27(23,24)3;1-4-19-16-20(18-28-17-19)23-11-12-24-22-10-9-21-8-6-5-7-14-26(21,2)25(22)13-15-27(23,24)3;1-25-13-6-4-5-7-19(25)8-9-21-23-11-10-22(26(23,2)14-12-24(21)25)18-15-20(28-3)17-27-16-18;1-18-15-19(17-27-16-18)22-10-11-23-21-9-8-20-7-5-4-6-13-25(20,2)24(21)12-14-26(22,23)3;1-24-14-5-3-4-8-19(24)9-10-20-22-12-11-21(18-7-6-16-26-17-18)25(22,2)15-13-23(20)24/h11,16-18,20,22,24-25H,4-10,12-15H2,1-3H3;11,16-18,21-22,24-25H,4-10,12-15H2,1-3H3;10,15-17,19,21,23-24H,4-9,11-14H2,1-3H3;10,15-17,20-21,23-24H,4-9,11-14H2,1-3H3;6-7,11,16-17,19-20,22-23H,3-5,8-10,12-15H2,1-2H3/t20-,22+,24+,25+,26+,27-;21-,22+,24+,25+,26+,27-;19-,21+,23+,24+,25+,26-;20-,21+,23+,24+,25+,26-;19-,20+,22+,23+,24+,25-/m11111/s1. The highest BCUT2D eigenvalue weighted by Crippen LogP contribution is 2.75. The molecular formula is C131H187N5O2. The minimum atomic E-state index is 0.321. The average molecular weight is 1860 g/mol. The van der Waals surface area contributed by atoms with E-state index in [-0.39, 0.29) is 0 Å². The molecule has 0 bridgehead atoms. The van der Waals surface area contributed by atoms with E-state index in [1.807, 2.05) is 37.9 Å². The molecule has 5 heterocycles. The zero-order valence-electron chi connectivity index (χ0n) is 89.5. The molecule has 0 aromatic carbocycles. The first-order valence-electron chi connectivity index (χ1n) is 59.2. The first-order chi connectivity index (χ1) is 66.8. The van der Waals surface area contributed by atoms with E-state index < -0.39 is 0 Å². The Morgan fingerprint density at radius 3 is 0.870 bits per heavy atom. The maximum Gasteiger partial charge on any atom is 0.138 e. The molecule has 0 N–H and O–H groups in total. The van der Waals surface area contributed by atoms with Gasteiger partial charge in [-0.3, -0.25) is 24.9 Å². The van der Waals surface area contributed by atoms with Crippen LogP contribution in [0, 0.1) is 179 Å². The third-order valence-electron chi connectivity index (χ3n) is 48.3. The second-order valence-electron chi connectivity index (χ2n) is 53.7. The van der Waals surface area contributed by atoms with Crippen molar-refractivity contribution in [2.75, 3.05) is 13.7 Å². The van der Waals surface area contributed by atoms with E-state index in [4.69, 9.17) is 9.47 Å². The third-order valence-corrected chi connectivity index (χ3v) is 48.3. The summed E-state index contributed by atoms with van der Waals surface area (Å²) in [6.45, 7) is 33.6. The van der Waals surface area contributed by atoms with Crippen LogP contribution in [0.4, 0.5) is 0 Å². The Morgan fingerprint density at radius 2 is 0.565 bits per heavy atom. The van der Waals surface area contributed by atoms with Crippen molar-refractivity contribution in [3.63, 3.8) is 0 Å². The highest BCUT2D eigenvalue weighted by Gasteiger charge is 2.65. The van der Waals surface area contributed by atoms with Crippen LogP contribution in [0.5, 0.6) is 11.5 Å². The minimum Gasteiger partial charge on any atom is -0.495 e. The van der Waals surface area contributed by atoms with Gasteiger partial charge in [-0.1, -0.05) is 209 Å². The number of rotatable bonds is 9. The first kappa shape index (κ1) is 98.1. The molecule has 20 aliphatic rings. The van der Waals surface area contributed by atoms with Crippen LogP contribution in [0.2, 0.25) is 0 Å². The van der Waals surface area contributed by atoms with Gasteiger partial charge in [-0.2, -0.15) is 0 Å². The lowest BCUT2D eigenvalue weighted by Gasteiger charge is -2.59. The zero-order chi connectivity index (χ0) is 95.2. The molecule has 0 aliphatic heterocycles. The van der Waals surface area contributed by atoms with Crippen LogP contribution in [0.1, 0.15) is 443 Å². The summed E-state index contributed by atoms with van der Waals surface area (Å²) in [5.41, 5.74) is 22.3. The van der Waals surface area contributed by atoms with Gasteiger partial charge in [0.05, 0.1) is 26.1 Å². The molecule has 0 unspecified atom stereocenters. The number of pyridine rings is 5. The highest BCUT2D eigenvalue weighted by molar-refractivity contribution is 5.77. The molecule has 0 saturated heterocycles. The summed E-state index contributed by atoms with van der Waals surface area (Å²) >= 11 is 0. The van der Waals surface area contributed by atoms with Gasteiger partial charge in [0.15, 0.2) is 0 Å². The van der Waals surface area contributed by atoms with Gasteiger partial charge in [-0.15, -0.1) is 0 Å². The van der Waals surface area contributed by atoms with Gasteiger partial charge < -0.3 is 9.47 Å². The molecule has 25 rings (SSSR count). The zero-order valence-corrected chi connectivity index (χ0v) is 89.5. The maximum atomic E-state index is 5.76. The quantitative estimate of drug-likeness (QED) is 0.145. The number of hydrogen-bond donors (Lipinski definition) is 0. The summed E-state index contributed by atoms with van der Waals surface area (Å²) in [6, 6.07) is 13.6. The normalized spacial score (nSPS) is 43.1. The fraction of sp³-hybridized carbons (Fsp3) is 0.733. The van der Waals surface area contributed by atoms with Crippen molar-refractivity contribution >= 4 is 27.9 Å². The van der Waals surface area contributed by atoms with Crippen molar-refractivity contribution in [2.24, 2.45) is 173 Å². The summed E-state index contributed by atoms with van der Waals surface area (Å²) in [6.07, 6.45) is 107. The molecule has 15 saturated carbocycles. The van der Waals surface area contributed by atoms with Crippen LogP contribution in [-0.4, -0.2) is 38.6 Å². The van der Waals surface area contributed by atoms with Gasteiger partial charge in [0, 0.05) is 49.6 Å². The predicted molar refractivity (Wildman–Crippen MR) is 575 cm³/mol. The second kappa shape index (κ2) is 39.8. The minimum absolute atomic E-state index is 0.321. The van der Waals surface area contributed by atoms with Gasteiger partial charge in [0.2, 0.25) is 0 Å². The van der Waals surface area contributed by atoms with Crippen molar-refractivity contribution in [3.05, 3.63) is 168 Å². The average Bonchev–Trinajstić information content (AvgIpc) is 1.48. The summed E-state index contributed by atoms with van der Waals surface area (Å²) in [5.74, 6) is 20.7. The molecule has 5 aromatic heterocycles. The molecule has 7 nitrogen and oxygen atoms in total. The molecule has 138 heavy (non-hydrogen) atoms. The van der Waals surface area contributed by atoms with E-state index in [9.17, 15) is 0 Å². The molecule has 5 aromatic rings. The smallest absolute Gasteiger partial charge is 0.138 e. The molecule has 7 heteroatoms. The fourth-order valence-corrected chi connectivity index (χ4v) is 41.0. The Balaban J connectivity index is 0.000000103. The summed E-state index contributed by atoms with van der Waals surface area (Å²) in [7, 11) is 1.74. The van der Waals surface area contributed by atoms with Crippen LogP contribution in [0.15, 0.2) is 129 Å². The fourth-order valence-electron chi connectivity index (χ4n) is 41.0. The Labute approximate surface area is 839 Å². The summed E-state index contributed by atoms with van der Waals surface area (Å²) < 4.78 is 11.2. The van der Waals surface area contributed by atoms with Crippen molar-refractivity contribution < 1.29 is 9.47 Å². The largest absolute Gasteiger partial charge is 0.495 e. The van der Waals surface area contributed by atoms with E-state index in [1.165, 1.54) is 360 Å². The summed E-state index contributed by atoms with van der Waals surface area (Å²) in [5, 5.41) is 0. The Bertz CT molecular complexity index is 5110. The number of fused-ring (bicyclic) bond motifs is 25. The topological polar surface area (TPSA) is 82.9 Å². The van der Waals surface area contributed by atoms with Crippen molar-refractivity contribution in [1.82, 2.24) is 24.9 Å². The Morgan fingerprint density at radius 1 is 0.275 bits per heavy atom. The third kappa shape index (κ3) is 17.3. The van der Waals surface area contributed by atoms with Gasteiger partial charge >= 0.3 is 0 Å². The lowest BCUT2D eigenvalue weighted by atomic mass is 9.46. The van der Waals surface area contributed by atoms with Gasteiger partial charge in [0.1, 0.15) is 11.5 Å². The predicted octanol–water partition coefficient (Wildman–Crippen LogP) is 35.8. The number of allylic oxidation sites excluding steroid dienone is 10. The Kier molecular flexibility index (Phi) is 28.3. The molecule has 0 amide bonds. The molecule has 748 valence electrons. The van der Waals surface area contributed by atoms with Crippen LogP contribution in [0.25, 0.3) is 27.9 Å². The van der Waals surface area contributed by atoms with E-state index in [1.54, 1.807) is 35.0 Å². The molecule has 0 spiro atoms. The lowest BCUT2D eigenvalue weighted by Crippen LogP contribution is -2.51. The van der Waals surface area contributed by atoms with Gasteiger partial charge in [-0.05, 0) is 515 Å². The van der Waals surface area contributed by atoms with Crippen LogP contribution >= 0.6 is 0 Å². The van der Waals surface area contributed by atoms with Crippen LogP contribution in [0.3, 0.4) is 0 Å². The first-order valence-corrected chi connectivity index (χ1v) is 59.2. The summed E-state index contributed by atoms with van der Waals surface area (Å²) in [4.78, 5) is 22.5. The number of methoxy groups -OCH3 is 1.